The van der Waals surface area contributed by atoms with Crippen LogP contribution >= 0.6 is 97.5 Å². The Balaban J connectivity index is 0.000000398. The normalized spacial score (nSPS) is 13.5. The molecular weight excluding hydrogens is 1650 g/mol. The van der Waals surface area contributed by atoms with Gasteiger partial charge in [-0.3, -0.25) is 29.2 Å². The monoisotopic (exact) mass is 1700 g/mol. The summed E-state index contributed by atoms with van der Waals surface area (Å²) in [7, 11) is 0. The number of rotatable bonds is 16. The van der Waals surface area contributed by atoms with Crippen molar-refractivity contribution in [2.45, 2.75) is 72.5 Å². The van der Waals surface area contributed by atoms with Crippen molar-refractivity contribution in [1.82, 2.24) is 70.2 Å². The van der Waals surface area contributed by atoms with Crippen LogP contribution in [0.25, 0.3) is 11.9 Å². The number of benzene rings is 1. The summed E-state index contributed by atoms with van der Waals surface area (Å²) in [6, 6.07) is 18.1. The molecule has 1 aromatic carbocycles. The number of nitrogens with two attached hydrogens (primary N) is 1. The quantitative estimate of drug-likeness (QED) is 0.0275. The number of anilines is 2. The number of primary amides is 1. The van der Waals surface area contributed by atoms with Crippen LogP contribution in [0.2, 0.25) is 0 Å². The van der Waals surface area contributed by atoms with Crippen LogP contribution in [0.3, 0.4) is 0 Å². The van der Waals surface area contributed by atoms with Crippen LogP contribution in [0.15, 0.2) is 131 Å². The van der Waals surface area contributed by atoms with E-state index >= 15 is 0 Å². The van der Waals surface area contributed by atoms with Gasteiger partial charge in [0, 0.05) is 128 Å². The van der Waals surface area contributed by atoms with E-state index in [1.165, 1.54) is 57.2 Å². The van der Waals surface area contributed by atoms with Gasteiger partial charge in [0.2, 0.25) is 23.6 Å². The predicted molar refractivity (Wildman–Crippen MR) is 343 cm³/mol. The summed E-state index contributed by atoms with van der Waals surface area (Å²) in [5, 5.41) is 25.1. The molecule has 3 unspecified atom stereocenters. The summed E-state index contributed by atoms with van der Waals surface area (Å²) in [5.41, 5.74) is 8.81. The van der Waals surface area contributed by atoms with Crippen LogP contribution in [0.1, 0.15) is 74.5 Å². The Morgan fingerprint density at radius 2 is 1.10 bits per heavy atom. The van der Waals surface area contributed by atoms with E-state index in [0.29, 0.717) is 45.4 Å². The number of hydrazine groups is 1. The summed E-state index contributed by atoms with van der Waals surface area (Å²) in [5.74, 6) is -2.97. The van der Waals surface area contributed by atoms with Gasteiger partial charge in [-0.05, 0) is 98.4 Å². The third-order valence-corrected chi connectivity index (χ3v) is 11.4. The fourth-order valence-electron chi connectivity index (χ4n) is 6.83. The second kappa shape index (κ2) is 42.5. The minimum atomic E-state index is -2.20. The average molecular weight is 1710 g/mol. The van der Waals surface area contributed by atoms with Crippen LogP contribution in [-0.2, 0) is 71.7 Å². The molecule has 8 heterocycles. The van der Waals surface area contributed by atoms with Gasteiger partial charge in [0.25, 0.3) is 27.0 Å². The molecule has 6 aromatic heterocycles. The SMILES string of the molecule is C.CC#N.CCOC(=O)C1CC(=O)NN1c1ncccn1.CCOC(=O)C1CC(Br)=NN1c1ncccn1.CCOC(=O)c1cc(Br)nn1-c1ncccn1.NC(=O)C(=O)C(Cc1ccccc1)NC(=O)c1cc(Br)nn1-c1ncccn1.O=P(Br)(Br)Br.[O]=[Mn]=[O]. The Kier molecular flexibility index (Phi) is 37.1. The van der Waals surface area contributed by atoms with E-state index in [2.05, 4.69) is 160 Å². The zero-order chi connectivity index (χ0) is 66.8. The van der Waals surface area contributed by atoms with E-state index in [-0.39, 0.29) is 62.0 Å². The number of esters is 3. The number of aromatic nitrogens is 12. The molecule has 4 N–H and O–H groups in total. The number of ether oxygens (including phenoxy) is 3. The second-order valence-electron chi connectivity index (χ2n) is 16.2. The molecule has 0 radical (unpaired) electrons. The zero-order valence-electron chi connectivity index (χ0n) is 47.1. The van der Waals surface area contributed by atoms with Crippen molar-refractivity contribution in [2.75, 3.05) is 29.8 Å². The standard InChI is InChI=1S/C18H15BrN6O3.C10H11BrN4O2.C10H9BrN4O2.C10H12N4O3.C2H3N.CH4.Br3OP.Mn.2O/c19-14-10-13(25(24-14)18-21-7-4-8-22-18)17(28)23-12(15(26)16(20)27)9-11-5-2-1-3-6-11;2*1-2-17-9(16)7-6-8(11)14-15(7)10-12-4-3-5-13-10;1-2-17-9(16)7-6-8(15)13-14(7)10-11-4-3-5-12-10;1-2-3;;1-5(2,3)4;;;/h1-8,10,12H,9H2,(H2,20,27)(H,23,28);3-5,7H,2,6H2,1H3;3-6H,2H2,1H3;3-5,7H,2,6H2,1H3,(H,13,15);1H3;1H4;;;;. The molecule has 32 nitrogen and oxygen atoms in total. The van der Waals surface area contributed by atoms with E-state index in [4.69, 9.17) is 32.9 Å². The fourth-order valence-corrected chi connectivity index (χ4v) is 8.06. The molecule has 7 aromatic rings. The first-order chi connectivity index (χ1) is 42.9. The van der Waals surface area contributed by atoms with Crippen LogP contribution in [-0.4, -0.2) is 143 Å². The number of Topliss-reactive ketones (excluding diaryl/α,β-unsaturated/α-hetero) is 1. The molecule has 485 valence electrons. The molecule has 0 bridgehead atoms. The number of hydrogen-bond donors (Lipinski definition) is 3. The zero-order valence-corrected chi connectivity index (χ0v) is 58.7. The van der Waals surface area contributed by atoms with Gasteiger partial charge in [-0.25, -0.2) is 64.3 Å². The number of nitrogens with one attached hydrogen (secondary N) is 2. The van der Waals surface area contributed by atoms with Crippen molar-refractivity contribution >= 4 is 155 Å². The van der Waals surface area contributed by atoms with Crippen molar-refractivity contribution in [3.05, 3.63) is 142 Å². The number of hydrazone groups is 1. The number of nitriles is 1. The summed E-state index contributed by atoms with van der Waals surface area (Å²) < 4.78 is 43.5. The molecule has 2 aliphatic heterocycles. The van der Waals surface area contributed by atoms with Gasteiger partial charge >= 0.3 is 40.4 Å². The Morgan fingerprint density at radius 3 is 1.54 bits per heavy atom. The van der Waals surface area contributed by atoms with E-state index in [9.17, 15) is 38.1 Å². The molecule has 1 fully saturated rings. The first-order valence-electron chi connectivity index (χ1n) is 25.2. The molecule has 3 atom stereocenters. The van der Waals surface area contributed by atoms with Crippen LogP contribution in [0.4, 0.5) is 11.9 Å². The summed E-state index contributed by atoms with van der Waals surface area (Å²) in [4.78, 5) is 115. The minimum absolute atomic E-state index is 0. The number of nitrogens with zero attached hydrogens (tertiary/aromatic N) is 16. The Bertz CT molecular complexity index is 3630. The molecule has 9 rings (SSSR count). The van der Waals surface area contributed by atoms with Crippen LogP contribution < -0.4 is 26.5 Å². The molecule has 2 aliphatic rings. The van der Waals surface area contributed by atoms with E-state index < -0.39 is 65.7 Å². The molecular formula is C51H54Br6MnN19O13P. The van der Waals surface area contributed by atoms with Crippen LogP contribution in [0, 0.1) is 11.3 Å². The molecule has 0 saturated carbocycles. The molecule has 40 heteroatoms. The topological polar surface area (TPSA) is 430 Å². The number of amides is 3. The maximum atomic E-state index is 12.8. The van der Waals surface area contributed by atoms with Gasteiger partial charge in [0.15, 0.2) is 17.8 Å². The van der Waals surface area contributed by atoms with Gasteiger partial charge in [-0.1, -0.05) is 37.8 Å². The van der Waals surface area contributed by atoms with Gasteiger partial charge in [0.1, 0.15) is 25.6 Å². The number of ketones is 1. The maximum absolute atomic E-state index is 12.8. The Labute approximate surface area is 574 Å². The molecule has 0 aliphatic carbocycles. The van der Waals surface area contributed by atoms with Crippen molar-refractivity contribution in [2.24, 2.45) is 10.8 Å². The van der Waals surface area contributed by atoms with Gasteiger partial charge < -0.3 is 25.3 Å². The second-order valence-corrected chi connectivity index (χ2v) is 37.3. The predicted octanol–water partition coefficient (Wildman–Crippen LogP) is 7.60. The van der Waals surface area contributed by atoms with Gasteiger partial charge in [-0.2, -0.15) is 29.9 Å². The van der Waals surface area contributed by atoms with Crippen molar-refractivity contribution in [3.63, 3.8) is 0 Å². The third kappa shape index (κ3) is 28.2. The molecule has 1 saturated heterocycles. The molecule has 91 heavy (non-hydrogen) atoms. The number of carbonyl (C=O) groups excluding carboxylic acids is 7. The molecule has 0 spiro atoms. The van der Waals surface area contributed by atoms with Crippen LogP contribution in [0.5, 0.6) is 0 Å². The number of hydrogen-bond acceptors (Lipinski definition) is 27. The summed E-state index contributed by atoms with van der Waals surface area (Å²) >= 11 is 16.6. The number of carbonyl (C=O) groups is 7. The Hall–Kier alpha value is -7.56. The van der Waals surface area contributed by atoms with E-state index in [1.807, 2.05) is 6.07 Å². The van der Waals surface area contributed by atoms with Crippen molar-refractivity contribution in [3.8, 4) is 18.0 Å². The van der Waals surface area contributed by atoms with E-state index in [0.717, 1.165) is 5.56 Å². The van der Waals surface area contributed by atoms with Gasteiger partial charge in [0.05, 0.1) is 32.3 Å². The first-order valence-corrected chi connectivity index (χ1v) is 36.3. The number of halogens is 6. The fraction of sp³-hybridized carbons (Fsp3) is 0.275. The Morgan fingerprint density at radius 1 is 0.692 bits per heavy atom. The van der Waals surface area contributed by atoms with E-state index in [1.54, 1.807) is 106 Å². The molecule has 3 amide bonds. The third-order valence-electron chi connectivity index (χ3n) is 10.2. The first kappa shape index (κ1) is 79.5. The van der Waals surface area contributed by atoms with Crippen molar-refractivity contribution < 1.29 is 74.8 Å². The average Bonchev–Trinajstić information content (AvgIpc) is 2.63. The summed E-state index contributed by atoms with van der Waals surface area (Å²) in [6.45, 7) is 7.57. The van der Waals surface area contributed by atoms with Gasteiger partial charge in [-0.15, -0.1) is 0 Å². The summed E-state index contributed by atoms with van der Waals surface area (Å²) in [6.07, 6.45) is 13.1. The van der Waals surface area contributed by atoms with Crippen molar-refractivity contribution in [1.29, 1.82) is 5.26 Å².